The van der Waals surface area contributed by atoms with Crippen LogP contribution in [0.1, 0.15) is 0 Å². The van der Waals surface area contributed by atoms with Crippen LogP contribution in [0.2, 0.25) is 19.6 Å². The molecule has 12 heavy (non-hydrogen) atoms. The molecule has 0 amide bonds. The molecule has 0 saturated carbocycles. The van der Waals surface area contributed by atoms with Crippen molar-refractivity contribution >= 4 is 33.1 Å². The molecular weight excluding hydrogens is 208 g/mol. The number of rotatable bonds is 0. The molecule has 0 unspecified atom stereocenters. The van der Waals surface area contributed by atoms with E-state index in [9.17, 15) is 0 Å². The van der Waals surface area contributed by atoms with Gasteiger partial charge in [0.05, 0.1) is 5.86 Å². The predicted octanol–water partition coefficient (Wildman–Crippen LogP) is -0.313. The van der Waals surface area contributed by atoms with Crippen LogP contribution in [-0.2, 0) is 17.4 Å². The van der Waals surface area contributed by atoms with Crippen LogP contribution in [0.4, 0.5) is 0 Å². The molecule has 0 bridgehead atoms. The SMILES string of the molecule is C/[Si]1=C/O[SiH2]OCO[Si](C)(C)O1. The summed E-state index contributed by atoms with van der Waals surface area (Å²) in [5.41, 5.74) is 0. The zero-order chi connectivity index (χ0) is 9.03. The van der Waals surface area contributed by atoms with Crippen molar-refractivity contribution in [1.29, 1.82) is 0 Å². The van der Waals surface area contributed by atoms with Gasteiger partial charge in [-0.2, -0.15) is 0 Å². The van der Waals surface area contributed by atoms with Crippen molar-refractivity contribution in [3.8, 4) is 0 Å². The zero-order valence-corrected chi connectivity index (χ0v) is 11.0. The Labute approximate surface area is 77.4 Å². The fourth-order valence-electron chi connectivity index (χ4n) is 0.858. The maximum atomic E-state index is 5.74. The Morgan fingerprint density at radius 3 is 3.00 bits per heavy atom. The number of hydrogen-bond donors (Lipinski definition) is 0. The molecule has 1 rings (SSSR count). The van der Waals surface area contributed by atoms with Crippen LogP contribution in [0.3, 0.4) is 0 Å². The molecule has 0 aliphatic carbocycles. The third-order valence-electron chi connectivity index (χ3n) is 1.30. The maximum Gasteiger partial charge on any atom is 0.379 e. The molecule has 0 atom stereocenters. The first-order valence-corrected chi connectivity index (χ1v) is 9.75. The minimum absolute atomic E-state index is 0.328. The molecule has 0 aromatic heterocycles. The van der Waals surface area contributed by atoms with E-state index in [0.717, 1.165) is 0 Å². The Balaban J connectivity index is 2.57. The van der Waals surface area contributed by atoms with E-state index in [1.165, 1.54) is 0 Å². The molecule has 0 spiro atoms. The van der Waals surface area contributed by atoms with E-state index in [4.69, 9.17) is 17.4 Å². The van der Waals surface area contributed by atoms with Crippen molar-refractivity contribution in [2.75, 3.05) is 6.79 Å². The van der Waals surface area contributed by atoms with Crippen molar-refractivity contribution in [2.45, 2.75) is 19.6 Å². The molecule has 1 heterocycles. The Hall–Kier alpha value is 0.0406. The molecule has 0 radical (unpaired) electrons. The molecule has 0 saturated heterocycles. The summed E-state index contributed by atoms with van der Waals surface area (Å²) in [6.45, 7) is 6.41. The van der Waals surface area contributed by atoms with Crippen molar-refractivity contribution in [1.82, 2.24) is 0 Å². The van der Waals surface area contributed by atoms with E-state index < -0.39 is 27.2 Å². The highest BCUT2D eigenvalue weighted by Crippen LogP contribution is 2.06. The average molecular weight is 222 g/mol. The van der Waals surface area contributed by atoms with Gasteiger partial charge in [0.2, 0.25) is 8.65 Å². The predicted molar refractivity (Wildman–Crippen MR) is 52.9 cm³/mol. The third kappa shape index (κ3) is 3.63. The lowest BCUT2D eigenvalue weighted by Crippen LogP contribution is -2.38. The summed E-state index contributed by atoms with van der Waals surface area (Å²) in [6.07, 6.45) is 0. The molecular formula is C5H14O4Si3. The highest BCUT2D eigenvalue weighted by molar-refractivity contribution is 6.75. The highest BCUT2D eigenvalue weighted by atomic mass is 28.4. The fraction of sp³-hybridized carbons (Fsp3) is 0.800. The van der Waals surface area contributed by atoms with Gasteiger partial charge in [0.15, 0.2) is 0 Å². The van der Waals surface area contributed by atoms with E-state index in [2.05, 4.69) is 0 Å². The van der Waals surface area contributed by atoms with Crippen molar-refractivity contribution in [3.63, 3.8) is 0 Å². The van der Waals surface area contributed by atoms with Crippen molar-refractivity contribution < 1.29 is 17.4 Å². The van der Waals surface area contributed by atoms with Crippen molar-refractivity contribution in [2.24, 2.45) is 0 Å². The normalized spacial score (nSPS) is 30.1. The molecule has 0 fully saturated rings. The zero-order valence-electron chi connectivity index (χ0n) is 7.62. The summed E-state index contributed by atoms with van der Waals surface area (Å²) >= 11 is 0. The first-order valence-electron chi connectivity index (χ1n) is 3.79. The first-order chi connectivity index (χ1) is 5.60. The topological polar surface area (TPSA) is 36.9 Å². The monoisotopic (exact) mass is 222 g/mol. The molecule has 0 aromatic rings. The minimum Gasteiger partial charge on any atom is -0.585 e. The molecule has 0 aromatic carbocycles. The lowest BCUT2D eigenvalue weighted by Gasteiger charge is -2.23. The second-order valence-corrected chi connectivity index (χ2v) is 9.32. The van der Waals surface area contributed by atoms with Gasteiger partial charge in [-0.3, -0.25) is 0 Å². The molecule has 7 heteroatoms. The minimum atomic E-state index is -1.94. The smallest absolute Gasteiger partial charge is 0.379 e. The van der Waals surface area contributed by atoms with Crippen LogP contribution in [0.5, 0.6) is 0 Å². The lowest BCUT2D eigenvalue weighted by molar-refractivity contribution is 0.0879. The molecule has 1 aliphatic heterocycles. The summed E-state index contributed by atoms with van der Waals surface area (Å²) in [7, 11) is -3.74. The second kappa shape index (κ2) is 4.33. The van der Waals surface area contributed by atoms with Gasteiger partial charge in [-0.15, -0.1) is 0 Å². The summed E-state index contributed by atoms with van der Waals surface area (Å²) in [5, 5.41) is 0. The van der Waals surface area contributed by atoms with Gasteiger partial charge in [0.1, 0.15) is 6.79 Å². The Kier molecular flexibility index (Phi) is 3.65. The quantitative estimate of drug-likeness (QED) is 0.527. The molecule has 0 N–H and O–H groups in total. The van der Waals surface area contributed by atoms with E-state index in [0.29, 0.717) is 6.79 Å². The molecule has 70 valence electrons. The first kappa shape index (κ1) is 10.1. The van der Waals surface area contributed by atoms with E-state index in [-0.39, 0.29) is 0 Å². The second-order valence-electron chi connectivity index (χ2n) is 2.98. The van der Waals surface area contributed by atoms with Gasteiger partial charge in [-0.1, -0.05) is 0 Å². The Morgan fingerprint density at radius 2 is 2.25 bits per heavy atom. The van der Waals surface area contributed by atoms with Gasteiger partial charge >= 0.3 is 18.6 Å². The van der Waals surface area contributed by atoms with E-state index in [1.807, 2.05) is 19.6 Å². The average Bonchev–Trinajstić information content (AvgIpc) is 1.99. The van der Waals surface area contributed by atoms with Crippen LogP contribution in [0, 0.1) is 0 Å². The van der Waals surface area contributed by atoms with Gasteiger partial charge < -0.3 is 17.4 Å². The molecule has 4 nitrogen and oxygen atoms in total. The number of hydrogen-bond acceptors (Lipinski definition) is 4. The molecule has 1 aliphatic rings. The summed E-state index contributed by atoms with van der Waals surface area (Å²) in [6, 6.07) is 0. The van der Waals surface area contributed by atoms with Gasteiger partial charge in [0, 0.05) is 0 Å². The fourth-order valence-corrected chi connectivity index (χ4v) is 6.38. The maximum absolute atomic E-state index is 5.74. The van der Waals surface area contributed by atoms with Crippen molar-refractivity contribution in [3.05, 3.63) is 0 Å². The van der Waals surface area contributed by atoms with Crippen LogP contribution in [0.25, 0.3) is 0 Å². The van der Waals surface area contributed by atoms with Crippen LogP contribution < -0.4 is 0 Å². The third-order valence-corrected chi connectivity index (χ3v) is 6.83. The van der Waals surface area contributed by atoms with Crippen LogP contribution in [-0.4, -0.2) is 39.9 Å². The van der Waals surface area contributed by atoms with Gasteiger partial charge in [-0.05, 0) is 19.6 Å². The van der Waals surface area contributed by atoms with E-state index in [1.54, 1.807) is 5.86 Å². The summed E-state index contributed by atoms with van der Waals surface area (Å²) in [4.78, 5) is 0. The lowest BCUT2D eigenvalue weighted by atomic mass is 11.6. The largest absolute Gasteiger partial charge is 0.585 e. The van der Waals surface area contributed by atoms with Gasteiger partial charge in [0.25, 0.3) is 0 Å². The van der Waals surface area contributed by atoms with Crippen LogP contribution in [0.15, 0.2) is 0 Å². The summed E-state index contributed by atoms with van der Waals surface area (Å²) < 4.78 is 21.6. The van der Waals surface area contributed by atoms with E-state index >= 15 is 0 Å². The van der Waals surface area contributed by atoms with Gasteiger partial charge in [-0.25, -0.2) is 0 Å². The Bertz CT molecular complexity index is 182. The highest BCUT2D eigenvalue weighted by Gasteiger charge is 2.26. The Morgan fingerprint density at radius 1 is 1.50 bits per heavy atom. The standard InChI is InChI=1S/C5H14O4Si3/c1-11-5-7-10-6-4-8-12(2,3)9-11/h5H,4,10H2,1-3H3/b11-5-. The summed E-state index contributed by atoms with van der Waals surface area (Å²) in [5.74, 6) is 1.79. The van der Waals surface area contributed by atoms with Crippen LogP contribution >= 0.6 is 0 Å².